The molecule has 5 saturated carbocycles. The minimum atomic E-state index is -0.846. The van der Waals surface area contributed by atoms with Crippen LogP contribution in [0.25, 0.3) is 0 Å². The highest BCUT2D eigenvalue weighted by molar-refractivity contribution is 5.68. The Balaban J connectivity index is 1.30. The van der Waals surface area contributed by atoms with Gasteiger partial charge in [0.1, 0.15) is 17.8 Å². The van der Waals surface area contributed by atoms with Crippen LogP contribution in [0.4, 0.5) is 21.7 Å². The van der Waals surface area contributed by atoms with E-state index in [1.54, 1.807) is 12.1 Å². The lowest BCUT2D eigenvalue weighted by molar-refractivity contribution is -0.384. The van der Waals surface area contributed by atoms with E-state index >= 15 is 0 Å². The van der Waals surface area contributed by atoms with Gasteiger partial charge in [-0.15, -0.1) is 0 Å². The van der Waals surface area contributed by atoms with E-state index in [4.69, 9.17) is 4.98 Å². The maximum atomic E-state index is 14.5. The van der Waals surface area contributed by atoms with Gasteiger partial charge in [-0.1, -0.05) is 6.92 Å². The summed E-state index contributed by atoms with van der Waals surface area (Å²) in [5.41, 5.74) is 0.367. The molecule has 6 nitrogen and oxygen atoms in total. The van der Waals surface area contributed by atoms with E-state index in [9.17, 15) is 14.5 Å². The summed E-state index contributed by atoms with van der Waals surface area (Å²) >= 11 is 0. The van der Waals surface area contributed by atoms with Crippen molar-refractivity contribution in [2.24, 2.45) is 22.7 Å². The fourth-order valence-electron chi connectivity index (χ4n) is 8.12. The van der Waals surface area contributed by atoms with Gasteiger partial charge in [0.05, 0.1) is 35.2 Å². The van der Waals surface area contributed by atoms with E-state index < -0.39 is 6.17 Å². The molecule has 2 spiro atoms. The number of halogens is 1. The molecule has 8 rings (SSSR count). The average molecular weight is 384 g/mol. The number of aromatic nitrogens is 1. The Bertz CT molecular complexity index is 931. The van der Waals surface area contributed by atoms with Crippen molar-refractivity contribution < 1.29 is 9.31 Å². The Kier molecular flexibility index (Phi) is 2.54. The lowest BCUT2D eigenvalue weighted by Crippen LogP contribution is -2.33. The van der Waals surface area contributed by atoms with Crippen LogP contribution in [0.15, 0.2) is 12.1 Å². The van der Waals surface area contributed by atoms with Gasteiger partial charge in [0.25, 0.3) is 5.69 Å². The molecular formula is C21H25FN4O2. The molecule has 0 aromatic carbocycles. The Labute approximate surface area is 163 Å². The average Bonchev–Trinajstić information content (AvgIpc) is 3.49. The quantitative estimate of drug-likeness (QED) is 0.452. The third-order valence-corrected chi connectivity index (χ3v) is 9.32. The fourth-order valence-corrected chi connectivity index (χ4v) is 8.12. The van der Waals surface area contributed by atoms with Gasteiger partial charge in [-0.2, -0.15) is 0 Å². The number of piperidine rings is 1. The molecular weight excluding hydrogens is 359 g/mol. The van der Waals surface area contributed by atoms with E-state index in [1.807, 2.05) is 4.90 Å². The van der Waals surface area contributed by atoms with E-state index in [1.165, 1.54) is 25.7 Å². The summed E-state index contributed by atoms with van der Waals surface area (Å²) in [5.74, 6) is 2.85. The Hall–Kier alpha value is -1.92. The van der Waals surface area contributed by atoms with Gasteiger partial charge in [0.15, 0.2) is 0 Å². The highest BCUT2D eigenvalue weighted by atomic mass is 19.1. The largest absolute Gasteiger partial charge is 0.353 e. The number of alkyl halides is 1. The molecule has 0 N–H and O–H groups in total. The van der Waals surface area contributed by atoms with Crippen LogP contribution in [0, 0.1) is 32.8 Å². The zero-order chi connectivity index (χ0) is 19.1. The highest BCUT2D eigenvalue weighted by Crippen LogP contribution is 2.79. The van der Waals surface area contributed by atoms with E-state index in [0.29, 0.717) is 36.3 Å². The number of anilines is 2. The monoisotopic (exact) mass is 384 g/mol. The Morgan fingerprint density at radius 1 is 1.25 bits per heavy atom. The highest BCUT2D eigenvalue weighted by Gasteiger charge is 2.83. The molecule has 7 fully saturated rings. The Morgan fingerprint density at radius 3 is 2.71 bits per heavy atom. The first-order chi connectivity index (χ1) is 13.4. The van der Waals surface area contributed by atoms with Crippen LogP contribution in [0.2, 0.25) is 0 Å². The van der Waals surface area contributed by atoms with E-state index in [-0.39, 0.29) is 21.6 Å². The van der Waals surface area contributed by atoms with Gasteiger partial charge >= 0.3 is 0 Å². The minimum absolute atomic E-state index is 0.0839. The van der Waals surface area contributed by atoms with E-state index in [0.717, 1.165) is 24.6 Å². The summed E-state index contributed by atoms with van der Waals surface area (Å²) < 4.78 is 14.5. The molecule has 0 amide bonds. The zero-order valence-corrected chi connectivity index (χ0v) is 16.1. The lowest BCUT2D eigenvalue weighted by Gasteiger charge is -2.34. The number of nitro groups is 1. The standard InChI is InChI=1S/C21H25FN4O2/c1-19-7-12-4-13(9-19)18-21(19,8-12)25(18)17-6-14(26(27)28)5-16(23-17)24-10-15(22)20(11-24)2-3-20/h5-6,12-13,15,18H,2-4,7-11H2,1H3/t12?,13?,15-,18?,19?,21?,25?/m0/s1. The second-order valence-corrected chi connectivity index (χ2v) is 10.8. The van der Waals surface area contributed by atoms with Crippen LogP contribution >= 0.6 is 0 Å². The summed E-state index contributed by atoms with van der Waals surface area (Å²) in [7, 11) is 0. The maximum Gasteiger partial charge on any atom is 0.276 e. The molecule has 6 atom stereocenters. The Morgan fingerprint density at radius 2 is 2.04 bits per heavy atom. The van der Waals surface area contributed by atoms with Crippen LogP contribution in [0.5, 0.6) is 0 Å². The van der Waals surface area contributed by atoms with E-state index in [2.05, 4.69) is 11.8 Å². The normalized spacial score (nSPS) is 45.8. The van der Waals surface area contributed by atoms with Gasteiger partial charge in [0.2, 0.25) is 0 Å². The smallest absolute Gasteiger partial charge is 0.276 e. The molecule has 0 radical (unpaired) electrons. The number of pyridine rings is 1. The minimum Gasteiger partial charge on any atom is -0.353 e. The molecule has 7 heteroatoms. The predicted molar refractivity (Wildman–Crippen MR) is 102 cm³/mol. The van der Waals surface area contributed by atoms with Crippen LogP contribution in [0.3, 0.4) is 0 Å². The van der Waals surface area contributed by atoms with Crippen molar-refractivity contribution in [2.45, 2.75) is 63.2 Å². The second kappa shape index (κ2) is 4.46. The topological polar surface area (TPSA) is 62.3 Å². The summed E-state index contributed by atoms with van der Waals surface area (Å²) in [5, 5.41) is 11.6. The van der Waals surface area contributed by atoms with Crippen molar-refractivity contribution in [1.29, 1.82) is 0 Å². The summed E-state index contributed by atoms with van der Waals surface area (Å²) in [6.45, 7) is 3.37. The van der Waals surface area contributed by atoms with Gasteiger partial charge in [-0.3, -0.25) is 10.1 Å². The van der Waals surface area contributed by atoms with Crippen LogP contribution < -0.4 is 9.80 Å². The molecule has 1 aromatic rings. The molecule has 5 unspecified atom stereocenters. The molecule has 148 valence electrons. The van der Waals surface area contributed by atoms with Crippen molar-refractivity contribution in [1.82, 2.24) is 4.98 Å². The second-order valence-electron chi connectivity index (χ2n) is 10.8. The van der Waals surface area contributed by atoms with Crippen LogP contribution in [0.1, 0.15) is 45.4 Å². The zero-order valence-electron chi connectivity index (χ0n) is 16.1. The summed E-state index contributed by atoms with van der Waals surface area (Å²) in [4.78, 5) is 20.6. The molecule has 2 saturated heterocycles. The van der Waals surface area contributed by atoms with Crippen molar-refractivity contribution in [3.63, 3.8) is 0 Å². The fraction of sp³-hybridized carbons (Fsp3) is 0.762. The number of rotatable bonds is 3. The summed E-state index contributed by atoms with van der Waals surface area (Å²) in [6, 6.07) is 3.70. The first-order valence-corrected chi connectivity index (χ1v) is 10.7. The first kappa shape index (κ1) is 15.9. The predicted octanol–water partition coefficient (Wildman–Crippen LogP) is 3.70. The number of hydrogen-bond acceptors (Lipinski definition) is 5. The van der Waals surface area contributed by atoms with Gasteiger partial charge < -0.3 is 9.80 Å². The van der Waals surface area contributed by atoms with Crippen molar-refractivity contribution >= 4 is 17.3 Å². The molecule has 1 aromatic heterocycles. The lowest BCUT2D eigenvalue weighted by atomic mass is 9.75. The molecule has 2 aliphatic heterocycles. The van der Waals surface area contributed by atoms with Gasteiger partial charge in [-0.25, -0.2) is 9.37 Å². The summed E-state index contributed by atoms with van der Waals surface area (Å²) in [6.07, 6.45) is 6.10. The van der Waals surface area contributed by atoms with Crippen LogP contribution in [-0.4, -0.2) is 40.7 Å². The number of nitrogens with zero attached hydrogens (tertiary/aromatic N) is 4. The van der Waals surface area contributed by atoms with Gasteiger partial charge in [-0.05, 0) is 55.8 Å². The molecule has 28 heavy (non-hydrogen) atoms. The SMILES string of the molecule is CC12CC3CC(C1)C1N(c4cc([N+](=O)[O-])cc(N5C[C@H](F)C6(CC6)C5)n4)C12C3. The molecule has 4 bridgehead atoms. The number of hydrogen-bond donors (Lipinski definition) is 0. The van der Waals surface area contributed by atoms with Gasteiger partial charge in [0, 0.05) is 12.0 Å². The molecule has 3 heterocycles. The molecule has 5 aliphatic carbocycles. The third kappa shape index (κ3) is 1.65. The van der Waals surface area contributed by atoms with Crippen molar-refractivity contribution in [3.05, 3.63) is 22.2 Å². The van der Waals surface area contributed by atoms with Crippen LogP contribution in [-0.2, 0) is 0 Å². The third-order valence-electron chi connectivity index (χ3n) is 9.32. The molecule has 7 aliphatic rings. The maximum absolute atomic E-state index is 14.5. The van der Waals surface area contributed by atoms with Crippen molar-refractivity contribution in [3.8, 4) is 0 Å². The first-order valence-electron chi connectivity index (χ1n) is 10.7. The van der Waals surface area contributed by atoms with Crippen molar-refractivity contribution in [2.75, 3.05) is 22.9 Å².